The van der Waals surface area contributed by atoms with Gasteiger partial charge >= 0.3 is 0 Å². The SMILES string of the molecule is C=C(c1ccccc1)c1[nH]nc2nc(N3CCC4(CC3)Cc3ccccc3[C@H]4N)n(C)c(=O)c12. The molecule has 0 radical (unpaired) electrons. The summed E-state index contributed by atoms with van der Waals surface area (Å²) >= 11 is 0. The van der Waals surface area contributed by atoms with Crippen molar-refractivity contribution in [2.24, 2.45) is 18.2 Å². The number of aromatic amines is 1. The molecule has 2 aliphatic rings. The maximum atomic E-state index is 13.4. The van der Waals surface area contributed by atoms with Gasteiger partial charge in [-0.15, -0.1) is 0 Å². The van der Waals surface area contributed by atoms with E-state index in [1.807, 2.05) is 30.3 Å². The zero-order valence-electron chi connectivity index (χ0n) is 19.3. The second-order valence-electron chi connectivity index (χ2n) is 9.62. The van der Waals surface area contributed by atoms with Gasteiger partial charge in [0.25, 0.3) is 5.56 Å². The molecule has 172 valence electrons. The molecule has 1 atom stereocenters. The molecule has 0 amide bonds. The fourth-order valence-corrected chi connectivity index (χ4v) is 5.79. The second-order valence-corrected chi connectivity index (χ2v) is 9.62. The van der Waals surface area contributed by atoms with E-state index in [2.05, 4.69) is 45.9 Å². The van der Waals surface area contributed by atoms with Crippen molar-refractivity contribution in [1.82, 2.24) is 19.7 Å². The molecule has 1 aliphatic carbocycles. The van der Waals surface area contributed by atoms with Crippen molar-refractivity contribution in [3.63, 3.8) is 0 Å². The topological polar surface area (TPSA) is 92.8 Å². The van der Waals surface area contributed by atoms with E-state index in [9.17, 15) is 4.79 Å². The molecule has 1 spiro atoms. The number of nitrogens with zero attached hydrogens (tertiary/aromatic N) is 4. The summed E-state index contributed by atoms with van der Waals surface area (Å²) in [5, 5.41) is 7.86. The predicted octanol–water partition coefficient (Wildman–Crippen LogP) is 3.56. The molecule has 1 fully saturated rings. The van der Waals surface area contributed by atoms with Crippen molar-refractivity contribution in [3.8, 4) is 0 Å². The number of benzene rings is 2. The maximum Gasteiger partial charge on any atom is 0.266 e. The van der Waals surface area contributed by atoms with E-state index in [4.69, 9.17) is 10.7 Å². The van der Waals surface area contributed by atoms with Crippen molar-refractivity contribution in [2.45, 2.75) is 25.3 Å². The van der Waals surface area contributed by atoms with Gasteiger partial charge in [-0.3, -0.25) is 14.5 Å². The number of rotatable bonds is 3. The van der Waals surface area contributed by atoms with Crippen LogP contribution in [0.25, 0.3) is 16.6 Å². The average Bonchev–Trinajstić information content (AvgIpc) is 3.42. The van der Waals surface area contributed by atoms with Crippen LogP contribution in [-0.4, -0.2) is 32.8 Å². The maximum absolute atomic E-state index is 13.4. The Balaban J connectivity index is 1.30. The standard InChI is InChI=1S/C27H28N6O/c1-17(18-8-4-3-5-9-18)22-21-24(31-30-22)29-26(32(2)25(21)34)33-14-12-27(13-15-33)16-19-10-6-7-11-20(19)23(27)28/h3-11,23H,1,12-16,28H2,2H3,(H,30,31)/t23-/m1/s1. The molecule has 2 aromatic carbocycles. The molecule has 2 aromatic heterocycles. The summed E-state index contributed by atoms with van der Waals surface area (Å²) < 4.78 is 1.64. The molecular weight excluding hydrogens is 424 g/mol. The summed E-state index contributed by atoms with van der Waals surface area (Å²) in [5.41, 5.74) is 12.1. The Morgan fingerprint density at radius 2 is 1.82 bits per heavy atom. The van der Waals surface area contributed by atoms with Crippen LogP contribution < -0.4 is 16.2 Å². The van der Waals surface area contributed by atoms with Crippen LogP contribution in [0.2, 0.25) is 0 Å². The number of nitrogens with one attached hydrogen (secondary N) is 1. The van der Waals surface area contributed by atoms with Crippen molar-refractivity contribution in [1.29, 1.82) is 0 Å². The van der Waals surface area contributed by atoms with Crippen LogP contribution in [0.15, 0.2) is 66.0 Å². The smallest absolute Gasteiger partial charge is 0.266 e. The fourth-order valence-electron chi connectivity index (χ4n) is 5.79. The third-order valence-electron chi connectivity index (χ3n) is 7.83. The fraction of sp³-hybridized carbons (Fsp3) is 0.296. The summed E-state index contributed by atoms with van der Waals surface area (Å²) in [6.45, 7) is 5.81. The van der Waals surface area contributed by atoms with Gasteiger partial charge in [0.05, 0.1) is 5.69 Å². The first kappa shape index (κ1) is 20.9. The van der Waals surface area contributed by atoms with Gasteiger partial charge in [0.1, 0.15) is 5.39 Å². The number of anilines is 1. The number of fused-ring (bicyclic) bond motifs is 2. The molecule has 3 heterocycles. The molecule has 4 aromatic rings. The molecule has 7 nitrogen and oxygen atoms in total. The van der Waals surface area contributed by atoms with Crippen molar-refractivity contribution < 1.29 is 0 Å². The molecule has 6 rings (SSSR count). The summed E-state index contributed by atoms with van der Waals surface area (Å²) in [6.07, 6.45) is 2.95. The molecule has 0 unspecified atom stereocenters. The molecular formula is C27H28N6O. The minimum atomic E-state index is -0.119. The molecule has 7 heteroatoms. The molecule has 1 aliphatic heterocycles. The second kappa shape index (κ2) is 7.67. The van der Waals surface area contributed by atoms with Gasteiger partial charge in [-0.25, -0.2) is 0 Å². The first-order valence-corrected chi connectivity index (χ1v) is 11.8. The van der Waals surface area contributed by atoms with E-state index in [1.165, 1.54) is 11.1 Å². The Labute approximate surface area is 197 Å². The molecule has 1 saturated heterocycles. The van der Waals surface area contributed by atoms with Crippen LogP contribution in [0.5, 0.6) is 0 Å². The van der Waals surface area contributed by atoms with Gasteiger partial charge in [0.15, 0.2) is 5.65 Å². The van der Waals surface area contributed by atoms with E-state index >= 15 is 0 Å². The number of piperidine rings is 1. The van der Waals surface area contributed by atoms with Gasteiger partial charge < -0.3 is 10.6 Å². The van der Waals surface area contributed by atoms with Gasteiger partial charge in [-0.05, 0) is 41.4 Å². The molecule has 0 saturated carbocycles. The highest BCUT2D eigenvalue weighted by Crippen LogP contribution is 2.50. The monoisotopic (exact) mass is 452 g/mol. The van der Waals surface area contributed by atoms with E-state index < -0.39 is 0 Å². The highest BCUT2D eigenvalue weighted by Gasteiger charge is 2.46. The number of aromatic nitrogens is 4. The molecule has 3 N–H and O–H groups in total. The first-order chi connectivity index (χ1) is 16.5. The summed E-state index contributed by atoms with van der Waals surface area (Å²) in [4.78, 5) is 20.4. The highest BCUT2D eigenvalue weighted by molar-refractivity contribution is 5.92. The molecule has 34 heavy (non-hydrogen) atoms. The Morgan fingerprint density at radius 3 is 2.56 bits per heavy atom. The van der Waals surface area contributed by atoms with Gasteiger partial charge in [0.2, 0.25) is 5.95 Å². The van der Waals surface area contributed by atoms with Crippen LogP contribution in [0, 0.1) is 5.41 Å². The zero-order chi connectivity index (χ0) is 23.4. The third-order valence-corrected chi connectivity index (χ3v) is 7.83. The summed E-state index contributed by atoms with van der Waals surface area (Å²) in [7, 11) is 1.79. The Morgan fingerprint density at radius 1 is 1.12 bits per heavy atom. The lowest BCUT2D eigenvalue weighted by Crippen LogP contribution is -2.46. The predicted molar refractivity (Wildman–Crippen MR) is 135 cm³/mol. The third kappa shape index (κ3) is 3.04. The average molecular weight is 453 g/mol. The largest absolute Gasteiger partial charge is 0.342 e. The lowest BCUT2D eigenvalue weighted by atomic mass is 9.73. The van der Waals surface area contributed by atoms with Gasteiger partial charge in [0, 0.05) is 31.8 Å². The first-order valence-electron chi connectivity index (χ1n) is 11.8. The quantitative estimate of drug-likeness (QED) is 0.496. The van der Waals surface area contributed by atoms with Crippen molar-refractivity contribution in [3.05, 3.63) is 93.9 Å². The van der Waals surface area contributed by atoms with Crippen LogP contribution in [-0.2, 0) is 13.5 Å². The zero-order valence-corrected chi connectivity index (χ0v) is 19.3. The number of hydrogen-bond donors (Lipinski definition) is 2. The number of H-pyrrole nitrogens is 1. The van der Waals surface area contributed by atoms with Crippen LogP contribution in [0.1, 0.15) is 41.3 Å². The van der Waals surface area contributed by atoms with Crippen LogP contribution in [0.4, 0.5) is 5.95 Å². The Bertz CT molecular complexity index is 1460. The number of hydrogen-bond acceptors (Lipinski definition) is 5. The van der Waals surface area contributed by atoms with Crippen molar-refractivity contribution in [2.75, 3.05) is 18.0 Å². The van der Waals surface area contributed by atoms with Gasteiger partial charge in [-0.2, -0.15) is 10.1 Å². The van der Waals surface area contributed by atoms with Gasteiger partial charge in [-0.1, -0.05) is 61.2 Å². The van der Waals surface area contributed by atoms with Crippen LogP contribution in [0.3, 0.4) is 0 Å². The number of nitrogens with two attached hydrogens (primary N) is 1. The summed E-state index contributed by atoms with van der Waals surface area (Å²) in [6, 6.07) is 18.4. The minimum Gasteiger partial charge on any atom is -0.342 e. The van der Waals surface area contributed by atoms with E-state index in [0.717, 1.165) is 43.5 Å². The Hall–Kier alpha value is -3.71. The van der Waals surface area contributed by atoms with E-state index in [1.54, 1.807) is 11.6 Å². The lowest BCUT2D eigenvalue weighted by Gasteiger charge is -2.42. The van der Waals surface area contributed by atoms with Crippen LogP contribution >= 0.6 is 0 Å². The lowest BCUT2D eigenvalue weighted by molar-refractivity contribution is 0.186. The normalized spacial score (nSPS) is 19.0. The highest BCUT2D eigenvalue weighted by atomic mass is 16.1. The summed E-state index contributed by atoms with van der Waals surface area (Å²) in [5.74, 6) is 0.653. The van der Waals surface area contributed by atoms with E-state index in [0.29, 0.717) is 22.7 Å². The molecule has 0 bridgehead atoms. The minimum absolute atomic E-state index is 0.0583. The van der Waals surface area contributed by atoms with Crippen molar-refractivity contribution >= 4 is 22.6 Å². The van der Waals surface area contributed by atoms with E-state index in [-0.39, 0.29) is 17.0 Å². The Kier molecular flexibility index (Phi) is 4.71.